The van der Waals surface area contributed by atoms with Crippen LogP contribution < -0.4 is 15.4 Å². The first kappa shape index (κ1) is 14.9. The highest BCUT2D eigenvalue weighted by Crippen LogP contribution is 2.23. The first-order valence-electron chi connectivity index (χ1n) is 7.10. The molecular formula is C14H24N4O2. The summed E-state index contributed by atoms with van der Waals surface area (Å²) in [7, 11) is 2.06. The van der Waals surface area contributed by atoms with E-state index in [0.29, 0.717) is 18.3 Å². The summed E-state index contributed by atoms with van der Waals surface area (Å²) in [5.41, 5.74) is 6.92. The lowest BCUT2D eigenvalue weighted by Crippen LogP contribution is -2.36. The molecule has 1 aliphatic rings. The van der Waals surface area contributed by atoms with E-state index in [-0.39, 0.29) is 0 Å². The number of ether oxygens (including phenoxy) is 2. The number of anilines is 2. The first-order chi connectivity index (χ1) is 9.69. The number of rotatable bonds is 6. The van der Waals surface area contributed by atoms with Crippen molar-refractivity contribution in [2.75, 3.05) is 63.7 Å². The van der Waals surface area contributed by atoms with Crippen molar-refractivity contribution in [3.05, 3.63) is 12.1 Å². The fourth-order valence-electron chi connectivity index (χ4n) is 2.05. The predicted molar refractivity (Wildman–Crippen MR) is 80.3 cm³/mol. The number of pyridine rings is 1. The number of hydrogen-bond acceptors (Lipinski definition) is 6. The molecule has 0 bridgehead atoms. The molecule has 6 nitrogen and oxygen atoms in total. The van der Waals surface area contributed by atoms with Gasteiger partial charge in [-0.1, -0.05) is 6.92 Å². The van der Waals surface area contributed by atoms with Crippen LogP contribution in [0.2, 0.25) is 0 Å². The van der Waals surface area contributed by atoms with E-state index in [1.165, 1.54) is 0 Å². The molecule has 0 unspecified atom stereocenters. The van der Waals surface area contributed by atoms with E-state index < -0.39 is 0 Å². The minimum Gasteiger partial charge on any atom is -0.476 e. The van der Waals surface area contributed by atoms with Gasteiger partial charge in [-0.3, -0.25) is 0 Å². The Kier molecular flexibility index (Phi) is 5.43. The molecule has 2 N–H and O–H groups in total. The molecule has 1 aliphatic heterocycles. The SMILES string of the molecule is CCN(C)CCOc1cc(N2CCOCC2)cc(N)n1. The minimum absolute atomic E-state index is 0.493. The Morgan fingerprint density at radius 2 is 2.15 bits per heavy atom. The van der Waals surface area contributed by atoms with Crippen molar-refractivity contribution in [3.63, 3.8) is 0 Å². The number of aromatic nitrogens is 1. The summed E-state index contributed by atoms with van der Waals surface area (Å²) in [6.07, 6.45) is 0. The van der Waals surface area contributed by atoms with Crippen molar-refractivity contribution in [2.24, 2.45) is 0 Å². The Morgan fingerprint density at radius 1 is 1.40 bits per heavy atom. The van der Waals surface area contributed by atoms with Gasteiger partial charge in [0, 0.05) is 37.5 Å². The number of nitrogens with zero attached hydrogens (tertiary/aromatic N) is 3. The summed E-state index contributed by atoms with van der Waals surface area (Å²) in [4.78, 5) is 8.66. The third-order valence-corrected chi connectivity index (χ3v) is 3.45. The standard InChI is InChI=1S/C14H24N4O2/c1-3-17(2)4-9-20-14-11-12(10-13(15)16-14)18-5-7-19-8-6-18/h10-11H,3-9H2,1-2H3,(H2,15,16). The predicted octanol–water partition coefficient (Wildman–Crippen LogP) is 0.831. The molecule has 1 aromatic rings. The Hall–Kier alpha value is -1.53. The van der Waals surface area contributed by atoms with Crippen molar-refractivity contribution in [2.45, 2.75) is 6.92 Å². The van der Waals surface area contributed by atoms with Crippen molar-refractivity contribution < 1.29 is 9.47 Å². The quantitative estimate of drug-likeness (QED) is 0.833. The van der Waals surface area contributed by atoms with Gasteiger partial charge < -0.3 is 25.0 Å². The van der Waals surface area contributed by atoms with E-state index in [1.54, 1.807) is 0 Å². The molecule has 112 valence electrons. The van der Waals surface area contributed by atoms with Crippen LogP contribution in [0, 0.1) is 0 Å². The van der Waals surface area contributed by atoms with Crippen molar-refractivity contribution >= 4 is 11.5 Å². The van der Waals surface area contributed by atoms with Gasteiger partial charge in [0.2, 0.25) is 5.88 Å². The number of morpholine rings is 1. The van der Waals surface area contributed by atoms with Gasteiger partial charge in [-0.25, -0.2) is 0 Å². The largest absolute Gasteiger partial charge is 0.476 e. The summed E-state index contributed by atoms with van der Waals surface area (Å²) in [5.74, 6) is 1.09. The van der Waals surface area contributed by atoms with E-state index in [0.717, 1.165) is 45.1 Å². The lowest BCUT2D eigenvalue weighted by molar-refractivity contribution is 0.122. The van der Waals surface area contributed by atoms with Gasteiger partial charge in [-0.15, -0.1) is 0 Å². The van der Waals surface area contributed by atoms with Gasteiger partial charge in [0.25, 0.3) is 0 Å². The zero-order valence-electron chi connectivity index (χ0n) is 12.3. The Labute approximate surface area is 120 Å². The van der Waals surface area contributed by atoms with Crippen molar-refractivity contribution in [1.82, 2.24) is 9.88 Å². The van der Waals surface area contributed by atoms with Crippen LogP contribution in [-0.4, -0.2) is 62.9 Å². The molecule has 2 heterocycles. The third kappa shape index (κ3) is 4.25. The van der Waals surface area contributed by atoms with Crippen LogP contribution in [0.25, 0.3) is 0 Å². The lowest BCUT2D eigenvalue weighted by atomic mass is 10.3. The van der Waals surface area contributed by atoms with Gasteiger partial charge >= 0.3 is 0 Å². The zero-order valence-corrected chi connectivity index (χ0v) is 12.3. The molecule has 0 amide bonds. The lowest BCUT2D eigenvalue weighted by Gasteiger charge is -2.29. The fraction of sp³-hybridized carbons (Fsp3) is 0.643. The van der Waals surface area contributed by atoms with Gasteiger partial charge in [0.15, 0.2) is 0 Å². The second-order valence-corrected chi connectivity index (χ2v) is 4.93. The summed E-state index contributed by atoms with van der Waals surface area (Å²) in [5, 5.41) is 0. The molecule has 0 aromatic carbocycles. The van der Waals surface area contributed by atoms with E-state index in [2.05, 4.69) is 28.8 Å². The Balaban J connectivity index is 1.97. The Bertz CT molecular complexity index is 422. The molecule has 1 aromatic heterocycles. The second kappa shape index (κ2) is 7.31. The van der Waals surface area contributed by atoms with E-state index >= 15 is 0 Å². The highest BCUT2D eigenvalue weighted by atomic mass is 16.5. The smallest absolute Gasteiger partial charge is 0.217 e. The average molecular weight is 280 g/mol. The van der Waals surface area contributed by atoms with Crippen molar-refractivity contribution in [1.29, 1.82) is 0 Å². The zero-order chi connectivity index (χ0) is 14.4. The summed E-state index contributed by atoms with van der Waals surface area (Å²) >= 11 is 0. The number of hydrogen-bond donors (Lipinski definition) is 1. The molecule has 20 heavy (non-hydrogen) atoms. The van der Waals surface area contributed by atoms with Gasteiger partial charge in [-0.05, 0) is 13.6 Å². The maximum absolute atomic E-state index is 5.86. The maximum Gasteiger partial charge on any atom is 0.217 e. The molecule has 0 aliphatic carbocycles. The van der Waals surface area contributed by atoms with E-state index in [4.69, 9.17) is 15.2 Å². The van der Waals surface area contributed by atoms with E-state index in [9.17, 15) is 0 Å². The molecule has 0 spiro atoms. The monoisotopic (exact) mass is 280 g/mol. The van der Waals surface area contributed by atoms with Crippen LogP contribution in [0.4, 0.5) is 11.5 Å². The van der Waals surface area contributed by atoms with Crippen LogP contribution in [0.1, 0.15) is 6.92 Å². The normalized spacial score (nSPS) is 15.7. The minimum atomic E-state index is 0.493. The van der Waals surface area contributed by atoms with Crippen molar-refractivity contribution in [3.8, 4) is 5.88 Å². The maximum atomic E-state index is 5.86. The number of nitrogen functional groups attached to an aromatic ring is 1. The molecule has 0 saturated carbocycles. The average Bonchev–Trinajstić information content (AvgIpc) is 2.47. The van der Waals surface area contributed by atoms with Crippen LogP contribution >= 0.6 is 0 Å². The third-order valence-electron chi connectivity index (χ3n) is 3.45. The fourth-order valence-corrected chi connectivity index (χ4v) is 2.05. The Morgan fingerprint density at radius 3 is 2.85 bits per heavy atom. The molecule has 1 fully saturated rings. The second-order valence-electron chi connectivity index (χ2n) is 4.93. The summed E-state index contributed by atoms with van der Waals surface area (Å²) < 4.78 is 11.1. The van der Waals surface area contributed by atoms with Crippen LogP contribution in [0.3, 0.4) is 0 Å². The van der Waals surface area contributed by atoms with Crippen LogP contribution in [-0.2, 0) is 4.74 Å². The van der Waals surface area contributed by atoms with Gasteiger partial charge in [-0.2, -0.15) is 4.98 Å². The topological polar surface area (TPSA) is 63.9 Å². The molecule has 0 atom stereocenters. The summed E-state index contributed by atoms with van der Waals surface area (Å²) in [6, 6.07) is 3.84. The number of likely N-dealkylation sites (N-methyl/N-ethyl adjacent to an activating group) is 1. The van der Waals surface area contributed by atoms with Crippen LogP contribution in [0.15, 0.2) is 12.1 Å². The van der Waals surface area contributed by atoms with Gasteiger partial charge in [0.1, 0.15) is 12.4 Å². The molecule has 6 heteroatoms. The summed E-state index contributed by atoms with van der Waals surface area (Å²) in [6.45, 7) is 7.87. The molecule has 2 rings (SSSR count). The highest BCUT2D eigenvalue weighted by molar-refractivity contribution is 5.55. The first-order valence-corrected chi connectivity index (χ1v) is 7.10. The van der Waals surface area contributed by atoms with E-state index in [1.807, 2.05) is 12.1 Å². The van der Waals surface area contributed by atoms with Crippen LogP contribution in [0.5, 0.6) is 5.88 Å². The molecule has 0 radical (unpaired) electrons. The molecule has 1 saturated heterocycles. The highest BCUT2D eigenvalue weighted by Gasteiger charge is 2.13. The number of nitrogens with two attached hydrogens (primary N) is 1. The van der Waals surface area contributed by atoms with Gasteiger partial charge in [0.05, 0.1) is 13.2 Å². The molecular weight excluding hydrogens is 256 g/mol.